The number of nitrogens with zero attached hydrogens (tertiary/aromatic N) is 2. The van der Waals surface area contributed by atoms with Gasteiger partial charge in [-0.2, -0.15) is 5.26 Å². The van der Waals surface area contributed by atoms with Crippen molar-refractivity contribution in [3.63, 3.8) is 0 Å². The zero-order chi connectivity index (χ0) is 15.5. The minimum atomic E-state index is -0.872. The third-order valence-corrected chi connectivity index (χ3v) is 3.42. The van der Waals surface area contributed by atoms with E-state index >= 15 is 0 Å². The van der Waals surface area contributed by atoms with Crippen LogP contribution in [0.15, 0.2) is 24.3 Å². The molecule has 0 aromatic heterocycles. The standard InChI is InChI=1S/C14H15N3O4/c1-14(9-15,10-5-6-10)16-13(18)8-21-12-4-2-3-11(7-12)17(19)20/h2-4,7,10H,5-6,8H2,1H3,(H,16,18)/t14-/m0/s1. The topological polar surface area (TPSA) is 105 Å². The molecule has 0 unspecified atom stereocenters. The van der Waals surface area contributed by atoms with Crippen molar-refractivity contribution < 1.29 is 14.5 Å². The van der Waals surface area contributed by atoms with E-state index in [0.717, 1.165) is 12.8 Å². The Morgan fingerprint density at radius 3 is 2.90 bits per heavy atom. The van der Waals surface area contributed by atoms with Crippen LogP contribution in [0.4, 0.5) is 5.69 Å². The van der Waals surface area contributed by atoms with Crippen molar-refractivity contribution >= 4 is 11.6 Å². The number of carbonyl (C=O) groups is 1. The van der Waals surface area contributed by atoms with Crippen LogP contribution in [0, 0.1) is 27.4 Å². The number of non-ortho nitro benzene ring substituents is 1. The number of benzene rings is 1. The first kappa shape index (κ1) is 14.8. The average molecular weight is 289 g/mol. The summed E-state index contributed by atoms with van der Waals surface area (Å²) < 4.78 is 5.22. The van der Waals surface area contributed by atoms with Gasteiger partial charge in [-0.25, -0.2) is 0 Å². The number of rotatable bonds is 6. The van der Waals surface area contributed by atoms with Crippen LogP contribution in [0.1, 0.15) is 19.8 Å². The second-order valence-corrected chi connectivity index (χ2v) is 5.18. The van der Waals surface area contributed by atoms with Crippen molar-refractivity contribution in [1.29, 1.82) is 5.26 Å². The Kier molecular flexibility index (Phi) is 4.08. The maximum absolute atomic E-state index is 11.8. The first-order valence-electron chi connectivity index (χ1n) is 6.54. The molecule has 7 nitrogen and oxygen atoms in total. The van der Waals surface area contributed by atoms with Gasteiger partial charge in [-0.15, -0.1) is 0 Å². The maximum atomic E-state index is 11.8. The fraction of sp³-hybridized carbons (Fsp3) is 0.429. The van der Waals surface area contributed by atoms with Gasteiger partial charge in [0.15, 0.2) is 6.61 Å². The van der Waals surface area contributed by atoms with Crippen LogP contribution in [0.3, 0.4) is 0 Å². The highest BCUT2D eigenvalue weighted by molar-refractivity contribution is 5.79. The van der Waals surface area contributed by atoms with Crippen molar-refractivity contribution in [2.24, 2.45) is 5.92 Å². The highest BCUT2D eigenvalue weighted by atomic mass is 16.6. The number of nitro benzene ring substituents is 1. The fourth-order valence-corrected chi connectivity index (χ4v) is 2.04. The normalized spacial score (nSPS) is 16.4. The summed E-state index contributed by atoms with van der Waals surface area (Å²) >= 11 is 0. The number of hydrogen-bond acceptors (Lipinski definition) is 5. The molecule has 1 atom stereocenters. The van der Waals surface area contributed by atoms with E-state index in [0.29, 0.717) is 0 Å². The second-order valence-electron chi connectivity index (χ2n) is 5.18. The van der Waals surface area contributed by atoms with Crippen LogP contribution in [0.5, 0.6) is 5.75 Å². The number of hydrogen-bond donors (Lipinski definition) is 1. The van der Waals surface area contributed by atoms with E-state index in [1.165, 1.54) is 24.3 Å². The molecule has 1 fully saturated rings. The third kappa shape index (κ3) is 3.69. The van der Waals surface area contributed by atoms with Gasteiger partial charge in [0.2, 0.25) is 0 Å². The Labute approximate surface area is 121 Å². The summed E-state index contributed by atoms with van der Waals surface area (Å²) in [6.45, 7) is 1.40. The molecule has 0 spiro atoms. The first-order chi connectivity index (χ1) is 9.94. The predicted molar refractivity (Wildman–Crippen MR) is 73.5 cm³/mol. The quantitative estimate of drug-likeness (QED) is 0.634. The van der Waals surface area contributed by atoms with Crippen LogP contribution in [0.25, 0.3) is 0 Å². The van der Waals surface area contributed by atoms with Crippen molar-refractivity contribution in [3.8, 4) is 11.8 Å². The summed E-state index contributed by atoms with van der Waals surface area (Å²) in [5.41, 5.74) is -0.976. The molecule has 0 heterocycles. The van der Waals surface area contributed by atoms with Gasteiger partial charge >= 0.3 is 0 Å². The second kappa shape index (κ2) is 5.79. The summed E-state index contributed by atoms with van der Waals surface area (Å²) in [4.78, 5) is 21.9. The molecule has 1 amide bonds. The molecule has 1 N–H and O–H groups in total. The summed E-state index contributed by atoms with van der Waals surface area (Å²) in [6, 6.07) is 7.72. The van der Waals surface area contributed by atoms with Crippen LogP contribution in [-0.2, 0) is 4.79 Å². The molecule has 0 saturated heterocycles. The molecular formula is C14H15N3O4. The monoisotopic (exact) mass is 289 g/mol. The van der Waals surface area contributed by atoms with Gasteiger partial charge in [0.25, 0.3) is 11.6 Å². The summed E-state index contributed by atoms with van der Waals surface area (Å²) in [5, 5.41) is 22.4. The largest absolute Gasteiger partial charge is 0.484 e. The molecule has 110 valence electrons. The average Bonchev–Trinajstić information content (AvgIpc) is 3.30. The molecule has 1 aliphatic carbocycles. The Bertz CT molecular complexity index is 606. The van der Waals surface area contributed by atoms with Gasteiger partial charge in [0.05, 0.1) is 17.1 Å². The minimum absolute atomic E-state index is 0.104. The van der Waals surface area contributed by atoms with Crippen LogP contribution < -0.4 is 10.1 Å². The molecule has 0 aliphatic heterocycles. The minimum Gasteiger partial charge on any atom is -0.484 e. The van der Waals surface area contributed by atoms with Gasteiger partial charge < -0.3 is 10.1 Å². The van der Waals surface area contributed by atoms with Gasteiger partial charge in [-0.3, -0.25) is 14.9 Å². The maximum Gasteiger partial charge on any atom is 0.273 e. The van der Waals surface area contributed by atoms with E-state index in [4.69, 9.17) is 10.00 Å². The number of nitrogens with one attached hydrogen (secondary N) is 1. The van der Waals surface area contributed by atoms with Gasteiger partial charge in [0, 0.05) is 6.07 Å². The lowest BCUT2D eigenvalue weighted by Gasteiger charge is -2.22. The molecule has 0 radical (unpaired) electrons. The SMILES string of the molecule is C[C@@](C#N)(NC(=O)COc1cccc([N+](=O)[O-])c1)C1CC1. The van der Waals surface area contributed by atoms with Crippen molar-refractivity contribution in [2.75, 3.05) is 6.61 Å². The van der Waals surface area contributed by atoms with Crippen LogP contribution >= 0.6 is 0 Å². The van der Waals surface area contributed by atoms with E-state index < -0.39 is 16.4 Å². The van der Waals surface area contributed by atoms with Gasteiger partial charge in [-0.05, 0) is 31.7 Å². The predicted octanol–water partition coefficient (Wildman–Crippen LogP) is 1.78. The first-order valence-corrected chi connectivity index (χ1v) is 6.54. The van der Waals surface area contributed by atoms with Crippen LogP contribution in [0.2, 0.25) is 0 Å². The summed E-state index contributed by atoms with van der Waals surface area (Å²) in [5.74, 6) is 0.00570. The molecule has 2 rings (SSSR count). The lowest BCUT2D eigenvalue weighted by molar-refractivity contribution is -0.384. The lowest BCUT2D eigenvalue weighted by Crippen LogP contribution is -2.48. The molecule has 1 aromatic rings. The Balaban J connectivity index is 1.91. The Hall–Kier alpha value is -2.62. The summed E-state index contributed by atoms with van der Waals surface area (Å²) in [7, 11) is 0. The number of ether oxygens (including phenoxy) is 1. The lowest BCUT2D eigenvalue weighted by atomic mass is 9.98. The number of amides is 1. The highest BCUT2D eigenvalue weighted by Gasteiger charge is 2.43. The molecule has 0 bridgehead atoms. The van der Waals surface area contributed by atoms with Gasteiger partial charge in [0.1, 0.15) is 11.3 Å². The zero-order valence-electron chi connectivity index (χ0n) is 11.5. The smallest absolute Gasteiger partial charge is 0.273 e. The van der Waals surface area contributed by atoms with Crippen molar-refractivity contribution in [3.05, 3.63) is 34.4 Å². The molecular weight excluding hydrogens is 274 g/mol. The van der Waals surface area contributed by atoms with E-state index in [1.807, 2.05) is 0 Å². The van der Waals surface area contributed by atoms with E-state index in [1.54, 1.807) is 6.92 Å². The van der Waals surface area contributed by atoms with Crippen molar-refractivity contribution in [1.82, 2.24) is 5.32 Å². The van der Waals surface area contributed by atoms with E-state index in [-0.39, 0.29) is 24.0 Å². The molecule has 1 aromatic carbocycles. The van der Waals surface area contributed by atoms with E-state index in [2.05, 4.69) is 11.4 Å². The molecule has 1 saturated carbocycles. The zero-order valence-corrected chi connectivity index (χ0v) is 11.5. The number of nitro groups is 1. The molecule has 21 heavy (non-hydrogen) atoms. The number of nitriles is 1. The number of carbonyl (C=O) groups excluding carboxylic acids is 1. The molecule has 7 heteroatoms. The summed E-state index contributed by atoms with van der Waals surface area (Å²) in [6.07, 6.45) is 1.85. The fourth-order valence-electron chi connectivity index (χ4n) is 2.04. The van der Waals surface area contributed by atoms with E-state index in [9.17, 15) is 14.9 Å². The molecule has 1 aliphatic rings. The van der Waals surface area contributed by atoms with Crippen molar-refractivity contribution in [2.45, 2.75) is 25.3 Å². The Morgan fingerprint density at radius 1 is 1.62 bits per heavy atom. The van der Waals surface area contributed by atoms with Crippen LogP contribution in [-0.4, -0.2) is 23.0 Å². The Morgan fingerprint density at radius 2 is 2.33 bits per heavy atom. The third-order valence-electron chi connectivity index (χ3n) is 3.42. The van der Waals surface area contributed by atoms with Gasteiger partial charge in [-0.1, -0.05) is 6.07 Å². The highest BCUT2D eigenvalue weighted by Crippen LogP contribution is 2.39.